The van der Waals surface area contributed by atoms with Crippen molar-refractivity contribution in [1.29, 1.82) is 0 Å². The SMILES string of the molecule is Cc1nc(-c2cccc(Br)c2)ccc1C(=O)Nc1ccc(-n2cnnn2)cc1. The third-order valence-electron chi connectivity index (χ3n) is 4.19. The van der Waals surface area contributed by atoms with Crippen LogP contribution in [0.4, 0.5) is 5.69 Å². The van der Waals surface area contributed by atoms with Gasteiger partial charge >= 0.3 is 0 Å². The Balaban J connectivity index is 1.52. The van der Waals surface area contributed by atoms with E-state index >= 15 is 0 Å². The van der Waals surface area contributed by atoms with E-state index in [9.17, 15) is 4.79 Å². The number of hydrogen-bond acceptors (Lipinski definition) is 5. The van der Waals surface area contributed by atoms with Gasteiger partial charge in [0.1, 0.15) is 6.33 Å². The largest absolute Gasteiger partial charge is 0.322 e. The Morgan fingerprint density at radius 1 is 1.07 bits per heavy atom. The van der Waals surface area contributed by atoms with Gasteiger partial charge in [0, 0.05) is 15.7 Å². The number of nitrogens with zero attached hydrogens (tertiary/aromatic N) is 5. The summed E-state index contributed by atoms with van der Waals surface area (Å²) in [5.74, 6) is -0.207. The smallest absolute Gasteiger partial charge is 0.257 e. The van der Waals surface area contributed by atoms with Gasteiger partial charge in [-0.05, 0) is 65.9 Å². The Labute approximate surface area is 169 Å². The predicted molar refractivity (Wildman–Crippen MR) is 109 cm³/mol. The quantitative estimate of drug-likeness (QED) is 0.523. The van der Waals surface area contributed by atoms with Gasteiger partial charge in [-0.2, -0.15) is 0 Å². The summed E-state index contributed by atoms with van der Waals surface area (Å²) in [5, 5.41) is 13.9. The first kappa shape index (κ1) is 18.0. The number of nitrogens with one attached hydrogen (secondary N) is 1. The third-order valence-corrected chi connectivity index (χ3v) is 4.68. The average molecular weight is 435 g/mol. The van der Waals surface area contributed by atoms with Crippen LogP contribution < -0.4 is 5.32 Å². The molecule has 138 valence electrons. The predicted octanol–water partition coefficient (Wildman–Crippen LogP) is 4.05. The van der Waals surface area contributed by atoms with Gasteiger partial charge in [0.05, 0.1) is 22.6 Å². The van der Waals surface area contributed by atoms with Crippen LogP contribution in [0.3, 0.4) is 0 Å². The fraction of sp³-hybridized carbons (Fsp3) is 0.0500. The summed E-state index contributed by atoms with van der Waals surface area (Å²) in [6.45, 7) is 1.83. The van der Waals surface area contributed by atoms with E-state index < -0.39 is 0 Å². The van der Waals surface area contributed by atoms with Crippen molar-refractivity contribution < 1.29 is 4.79 Å². The molecule has 7 nitrogen and oxygen atoms in total. The second-order valence-electron chi connectivity index (χ2n) is 6.10. The highest BCUT2D eigenvalue weighted by molar-refractivity contribution is 9.10. The third kappa shape index (κ3) is 3.81. The van der Waals surface area contributed by atoms with Crippen molar-refractivity contribution in [1.82, 2.24) is 25.2 Å². The van der Waals surface area contributed by atoms with Crippen molar-refractivity contribution in [2.75, 3.05) is 5.32 Å². The fourth-order valence-electron chi connectivity index (χ4n) is 2.79. The monoisotopic (exact) mass is 434 g/mol. The van der Waals surface area contributed by atoms with Gasteiger partial charge < -0.3 is 5.32 Å². The molecule has 4 rings (SSSR count). The molecule has 0 saturated heterocycles. The van der Waals surface area contributed by atoms with Crippen LogP contribution in [-0.4, -0.2) is 31.1 Å². The Kier molecular flexibility index (Phi) is 4.94. The number of halogens is 1. The van der Waals surface area contributed by atoms with Crippen LogP contribution in [0, 0.1) is 6.92 Å². The molecule has 0 aliphatic heterocycles. The molecule has 28 heavy (non-hydrogen) atoms. The number of anilines is 1. The van der Waals surface area contributed by atoms with Gasteiger partial charge in [0.25, 0.3) is 5.91 Å². The Bertz CT molecular complexity index is 1130. The van der Waals surface area contributed by atoms with Gasteiger partial charge in [-0.15, -0.1) is 5.10 Å². The molecule has 0 spiro atoms. The first-order valence-electron chi connectivity index (χ1n) is 8.48. The van der Waals surface area contributed by atoms with Gasteiger partial charge in [-0.25, -0.2) is 4.68 Å². The van der Waals surface area contributed by atoms with Gasteiger partial charge in [0.15, 0.2) is 0 Å². The summed E-state index contributed by atoms with van der Waals surface area (Å²) in [6.07, 6.45) is 1.51. The van der Waals surface area contributed by atoms with Crippen molar-refractivity contribution in [2.24, 2.45) is 0 Å². The van der Waals surface area contributed by atoms with E-state index in [1.807, 2.05) is 49.4 Å². The highest BCUT2D eigenvalue weighted by atomic mass is 79.9. The maximum Gasteiger partial charge on any atom is 0.257 e. The minimum Gasteiger partial charge on any atom is -0.322 e. The number of amides is 1. The van der Waals surface area contributed by atoms with E-state index in [1.54, 1.807) is 22.9 Å². The van der Waals surface area contributed by atoms with Gasteiger partial charge in [-0.1, -0.05) is 28.1 Å². The summed E-state index contributed by atoms with van der Waals surface area (Å²) in [6, 6.07) is 18.8. The molecule has 0 unspecified atom stereocenters. The van der Waals surface area contributed by atoms with Crippen molar-refractivity contribution in [2.45, 2.75) is 6.92 Å². The summed E-state index contributed by atoms with van der Waals surface area (Å²) in [4.78, 5) is 17.2. The molecule has 0 bridgehead atoms. The van der Waals surface area contributed by atoms with Crippen LogP contribution in [-0.2, 0) is 0 Å². The molecule has 0 fully saturated rings. The first-order chi connectivity index (χ1) is 13.6. The minimum atomic E-state index is -0.207. The Morgan fingerprint density at radius 2 is 1.89 bits per heavy atom. The lowest BCUT2D eigenvalue weighted by atomic mass is 10.1. The lowest BCUT2D eigenvalue weighted by molar-refractivity contribution is 0.102. The van der Waals surface area contributed by atoms with E-state index in [2.05, 4.69) is 41.8 Å². The fourth-order valence-corrected chi connectivity index (χ4v) is 3.18. The molecule has 2 aromatic heterocycles. The van der Waals surface area contributed by atoms with Crippen molar-refractivity contribution in [3.63, 3.8) is 0 Å². The van der Waals surface area contributed by atoms with E-state index in [0.29, 0.717) is 16.9 Å². The lowest BCUT2D eigenvalue weighted by Crippen LogP contribution is -2.14. The zero-order chi connectivity index (χ0) is 19.5. The van der Waals surface area contributed by atoms with Crippen LogP contribution in [0.25, 0.3) is 16.9 Å². The molecule has 4 aromatic rings. The second-order valence-corrected chi connectivity index (χ2v) is 7.01. The molecular weight excluding hydrogens is 420 g/mol. The highest BCUT2D eigenvalue weighted by Crippen LogP contribution is 2.23. The standard InChI is InChI=1S/C20H15BrN6O/c1-13-18(9-10-19(23-13)14-3-2-4-15(21)11-14)20(28)24-16-5-7-17(8-6-16)27-12-22-25-26-27/h2-12H,1H3,(H,24,28). The molecule has 0 saturated carbocycles. The molecule has 0 atom stereocenters. The number of carbonyl (C=O) groups excluding carboxylic acids is 1. The molecule has 0 radical (unpaired) electrons. The summed E-state index contributed by atoms with van der Waals surface area (Å²) in [5.41, 5.74) is 4.49. The molecule has 1 amide bonds. The molecule has 0 aliphatic rings. The number of hydrogen-bond donors (Lipinski definition) is 1. The van der Waals surface area contributed by atoms with Gasteiger partial charge in [0.2, 0.25) is 0 Å². The first-order valence-corrected chi connectivity index (χ1v) is 9.28. The number of pyridine rings is 1. The molecular formula is C20H15BrN6O. The van der Waals surface area contributed by atoms with E-state index in [-0.39, 0.29) is 5.91 Å². The summed E-state index contributed by atoms with van der Waals surface area (Å²) < 4.78 is 2.52. The normalized spacial score (nSPS) is 10.6. The maximum atomic E-state index is 12.7. The van der Waals surface area contributed by atoms with Crippen LogP contribution >= 0.6 is 15.9 Å². The summed E-state index contributed by atoms with van der Waals surface area (Å²) in [7, 11) is 0. The summed E-state index contributed by atoms with van der Waals surface area (Å²) >= 11 is 3.47. The number of tetrazole rings is 1. The lowest BCUT2D eigenvalue weighted by Gasteiger charge is -2.10. The minimum absolute atomic E-state index is 0.207. The van der Waals surface area contributed by atoms with Gasteiger partial charge in [-0.3, -0.25) is 9.78 Å². The van der Waals surface area contributed by atoms with Crippen LogP contribution in [0.1, 0.15) is 16.1 Å². The van der Waals surface area contributed by atoms with Crippen LogP contribution in [0.5, 0.6) is 0 Å². The zero-order valence-corrected chi connectivity index (χ0v) is 16.5. The topological polar surface area (TPSA) is 85.6 Å². The molecule has 8 heteroatoms. The molecule has 1 N–H and O–H groups in total. The van der Waals surface area contributed by atoms with Crippen LogP contribution in [0.2, 0.25) is 0 Å². The highest BCUT2D eigenvalue weighted by Gasteiger charge is 2.12. The number of aromatic nitrogens is 5. The van der Waals surface area contributed by atoms with Crippen LogP contribution in [0.15, 0.2) is 71.5 Å². The Morgan fingerprint density at radius 3 is 2.57 bits per heavy atom. The molecule has 2 aromatic carbocycles. The molecule has 0 aliphatic carbocycles. The van der Waals surface area contributed by atoms with E-state index in [4.69, 9.17) is 0 Å². The number of carbonyl (C=O) groups is 1. The number of aryl methyl sites for hydroxylation is 1. The average Bonchev–Trinajstić information content (AvgIpc) is 3.23. The Hall–Kier alpha value is -3.39. The molecule has 2 heterocycles. The van der Waals surface area contributed by atoms with Crippen molar-refractivity contribution in [3.8, 4) is 16.9 Å². The van der Waals surface area contributed by atoms with E-state index in [0.717, 1.165) is 21.4 Å². The van der Waals surface area contributed by atoms with Crippen molar-refractivity contribution in [3.05, 3.63) is 82.7 Å². The number of benzene rings is 2. The zero-order valence-electron chi connectivity index (χ0n) is 14.9. The number of rotatable bonds is 4. The maximum absolute atomic E-state index is 12.7. The van der Waals surface area contributed by atoms with E-state index in [1.165, 1.54) is 6.33 Å². The van der Waals surface area contributed by atoms with Crippen molar-refractivity contribution >= 4 is 27.5 Å². The second kappa shape index (κ2) is 7.69.